The molecular formula is C25H39N3O3. The van der Waals surface area contributed by atoms with Gasteiger partial charge in [-0.25, -0.2) is 0 Å². The number of para-hydroxylation sites is 1. The van der Waals surface area contributed by atoms with Crippen LogP contribution in [-0.2, 0) is 16.0 Å². The number of hydrogen-bond acceptors (Lipinski definition) is 5. The Morgan fingerprint density at radius 3 is 2.81 bits per heavy atom. The number of ether oxygens (including phenoxy) is 2. The fourth-order valence-electron chi connectivity index (χ4n) is 6.03. The molecule has 1 N–H and O–H groups in total. The maximum Gasteiger partial charge on any atom is 0.227 e. The van der Waals surface area contributed by atoms with E-state index < -0.39 is 0 Å². The lowest BCUT2D eigenvalue weighted by Gasteiger charge is -2.53. The minimum absolute atomic E-state index is 0.238. The molecule has 1 saturated carbocycles. The van der Waals surface area contributed by atoms with Crippen molar-refractivity contribution >= 4 is 5.91 Å². The summed E-state index contributed by atoms with van der Waals surface area (Å²) >= 11 is 0. The Labute approximate surface area is 187 Å². The zero-order valence-electron chi connectivity index (χ0n) is 19.3. The number of morpholine rings is 1. The Hall–Kier alpha value is -1.63. The number of carbonyl (C=O) groups is 1. The van der Waals surface area contributed by atoms with Gasteiger partial charge in [0.1, 0.15) is 5.75 Å². The number of piperidine rings is 1. The largest absolute Gasteiger partial charge is 0.496 e. The van der Waals surface area contributed by atoms with Gasteiger partial charge >= 0.3 is 0 Å². The van der Waals surface area contributed by atoms with Crippen molar-refractivity contribution in [2.24, 2.45) is 11.3 Å². The highest BCUT2D eigenvalue weighted by Crippen LogP contribution is 2.47. The average Bonchev–Trinajstić information content (AvgIpc) is 2.84. The maximum absolute atomic E-state index is 13.6. The molecule has 0 radical (unpaired) electrons. The van der Waals surface area contributed by atoms with Crippen molar-refractivity contribution in [2.75, 3.05) is 59.6 Å². The lowest BCUT2D eigenvalue weighted by atomic mass is 9.61. The molecule has 0 unspecified atom stereocenters. The Balaban J connectivity index is 1.41. The molecule has 1 aliphatic carbocycles. The van der Waals surface area contributed by atoms with Crippen LogP contribution < -0.4 is 10.1 Å². The minimum Gasteiger partial charge on any atom is -0.496 e. The number of likely N-dealkylation sites (tertiary alicyclic amines) is 1. The van der Waals surface area contributed by atoms with Crippen molar-refractivity contribution in [2.45, 2.75) is 45.1 Å². The van der Waals surface area contributed by atoms with Gasteiger partial charge in [0.15, 0.2) is 0 Å². The molecule has 31 heavy (non-hydrogen) atoms. The van der Waals surface area contributed by atoms with Gasteiger partial charge in [0.2, 0.25) is 5.91 Å². The van der Waals surface area contributed by atoms with E-state index in [1.165, 1.54) is 0 Å². The van der Waals surface area contributed by atoms with Gasteiger partial charge in [-0.1, -0.05) is 25.1 Å². The fourth-order valence-corrected chi connectivity index (χ4v) is 6.03. The molecule has 2 saturated heterocycles. The van der Waals surface area contributed by atoms with Crippen molar-refractivity contribution in [1.29, 1.82) is 0 Å². The van der Waals surface area contributed by atoms with Crippen LogP contribution in [0.25, 0.3) is 0 Å². The summed E-state index contributed by atoms with van der Waals surface area (Å²) in [5, 5.41) is 3.33. The second-order valence-corrected chi connectivity index (χ2v) is 9.40. The normalized spacial score (nSPS) is 29.9. The van der Waals surface area contributed by atoms with Crippen molar-refractivity contribution < 1.29 is 14.3 Å². The van der Waals surface area contributed by atoms with Crippen molar-refractivity contribution in [3.8, 4) is 5.75 Å². The van der Waals surface area contributed by atoms with Crippen LogP contribution in [0.15, 0.2) is 24.3 Å². The molecule has 0 spiro atoms. The van der Waals surface area contributed by atoms with Gasteiger partial charge in [-0.15, -0.1) is 0 Å². The lowest BCUT2D eigenvalue weighted by Crippen LogP contribution is -2.61. The van der Waals surface area contributed by atoms with Crippen LogP contribution in [0.1, 0.15) is 38.2 Å². The van der Waals surface area contributed by atoms with Crippen LogP contribution in [0.5, 0.6) is 5.75 Å². The first-order chi connectivity index (χ1) is 15.2. The predicted octanol–water partition coefficient (Wildman–Crippen LogP) is 2.57. The van der Waals surface area contributed by atoms with Gasteiger partial charge in [-0.05, 0) is 62.7 Å². The number of methoxy groups -OCH3 is 1. The number of rotatable bonds is 7. The molecule has 1 aromatic carbocycles. The molecule has 6 nitrogen and oxygen atoms in total. The average molecular weight is 430 g/mol. The number of nitrogens with zero attached hydrogens (tertiary/aromatic N) is 2. The summed E-state index contributed by atoms with van der Waals surface area (Å²) in [5.74, 6) is 1.64. The first kappa shape index (κ1) is 22.6. The van der Waals surface area contributed by atoms with E-state index in [9.17, 15) is 4.79 Å². The molecule has 4 rings (SSSR count). The smallest absolute Gasteiger partial charge is 0.227 e. The molecule has 3 fully saturated rings. The van der Waals surface area contributed by atoms with Crippen LogP contribution in [0.4, 0.5) is 0 Å². The van der Waals surface area contributed by atoms with Crippen LogP contribution in [0, 0.1) is 11.3 Å². The van der Waals surface area contributed by atoms with Crippen molar-refractivity contribution in [3.05, 3.63) is 29.8 Å². The monoisotopic (exact) mass is 429 g/mol. The SMILES string of the molecule is CCN1CC[C@@H]2C[C@@H](N3CCOCC3)CC[C@@]2(C(=O)NCCc2ccccc2OC)C1. The molecular weight excluding hydrogens is 390 g/mol. The van der Waals surface area contributed by atoms with Crippen LogP contribution >= 0.6 is 0 Å². The highest BCUT2D eigenvalue weighted by Gasteiger charge is 2.52. The second-order valence-electron chi connectivity index (χ2n) is 9.40. The number of amides is 1. The van der Waals surface area contributed by atoms with Gasteiger partial charge in [-0.3, -0.25) is 9.69 Å². The van der Waals surface area contributed by atoms with Gasteiger partial charge < -0.3 is 19.7 Å². The molecule has 6 heteroatoms. The predicted molar refractivity (Wildman–Crippen MR) is 122 cm³/mol. The van der Waals surface area contributed by atoms with Gasteiger partial charge in [-0.2, -0.15) is 0 Å². The summed E-state index contributed by atoms with van der Waals surface area (Å²) in [6.45, 7) is 9.69. The lowest BCUT2D eigenvalue weighted by molar-refractivity contribution is -0.144. The third kappa shape index (κ3) is 4.91. The summed E-state index contributed by atoms with van der Waals surface area (Å²) in [6.07, 6.45) is 5.20. The van der Waals surface area contributed by atoms with E-state index in [1.807, 2.05) is 18.2 Å². The van der Waals surface area contributed by atoms with E-state index in [0.29, 0.717) is 18.5 Å². The number of carbonyl (C=O) groups excluding carboxylic acids is 1. The Kier molecular flexibility index (Phi) is 7.51. The zero-order valence-corrected chi connectivity index (χ0v) is 19.3. The Bertz CT molecular complexity index is 736. The highest BCUT2D eigenvalue weighted by molar-refractivity contribution is 5.83. The zero-order chi connectivity index (χ0) is 21.7. The van der Waals surface area contributed by atoms with Crippen molar-refractivity contribution in [1.82, 2.24) is 15.1 Å². The van der Waals surface area contributed by atoms with Crippen LogP contribution in [0.2, 0.25) is 0 Å². The third-order valence-corrected chi connectivity index (χ3v) is 7.90. The number of hydrogen-bond donors (Lipinski definition) is 1. The van der Waals surface area contributed by atoms with Gasteiger partial charge in [0, 0.05) is 32.2 Å². The quantitative estimate of drug-likeness (QED) is 0.722. The third-order valence-electron chi connectivity index (χ3n) is 7.90. The fraction of sp³-hybridized carbons (Fsp3) is 0.720. The molecule has 1 aromatic rings. The van der Waals surface area contributed by atoms with Crippen molar-refractivity contribution in [3.63, 3.8) is 0 Å². The van der Waals surface area contributed by atoms with E-state index in [2.05, 4.69) is 28.1 Å². The minimum atomic E-state index is -0.238. The summed E-state index contributed by atoms with van der Waals surface area (Å²) in [7, 11) is 1.70. The maximum atomic E-state index is 13.6. The Morgan fingerprint density at radius 1 is 1.23 bits per heavy atom. The molecule has 2 heterocycles. The molecule has 1 amide bonds. The summed E-state index contributed by atoms with van der Waals surface area (Å²) in [4.78, 5) is 18.7. The molecule has 3 atom stereocenters. The second kappa shape index (κ2) is 10.3. The summed E-state index contributed by atoms with van der Waals surface area (Å²) in [6, 6.07) is 8.69. The summed E-state index contributed by atoms with van der Waals surface area (Å²) < 4.78 is 11.0. The topological polar surface area (TPSA) is 54.0 Å². The molecule has 3 aliphatic rings. The first-order valence-electron chi connectivity index (χ1n) is 12.1. The van der Waals surface area contributed by atoms with Gasteiger partial charge in [0.25, 0.3) is 0 Å². The molecule has 2 aliphatic heterocycles. The number of nitrogens with one attached hydrogen (secondary N) is 1. The number of benzene rings is 1. The van der Waals surface area contributed by atoms with Crippen LogP contribution in [-0.4, -0.2) is 81.3 Å². The Morgan fingerprint density at radius 2 is 2.03 bits per heavy atom. The van der Waals surface area contributed by atoms with Crippen LogP contribution in [0.3, 0.4) is 0 Å². The van der Waals surface area contributed by atoms with E-state index in [-0.39, 0.29) is 11.3 Å². The highest BCUT2D eigenvalue weighted by atomic mass is 16.5. The van der Waals surface area contributed by atoms with E-state index in [4.69, 9.17) is 9.47 Å². The van der Waals surface area contributed by atoms with E-state index in [1.54, 1.807) is 7.11 Å². The first-order valence-corrected chi connectivity index (χ1v) is 12.1. The molecule has 0 bridgehead atoms. The number of fused-ring (bicyclic) bond motifs is 1. The standard InChI is InChI=1S/C25H39N3O3/c1-3-27-13-10-21-18-22(28-14-16-31-17-15-28)8-11-25(21,19-27)24(29)26-12-9-20-6-4-5-7-23(20)30-2/h4-7,21-22H,3,8-19H2,1-2H3,(H,26,29)/t21-,22+,25-/m1/s1. The molecule has 0 aromatic heterocycles. The molecule has 172 valence electrons. The van der Waals surface area contributed by atoms with E-state index >= 15 is 0 Å². The van der Waals surface area contributed by atoms with E-state index in [0.717, 1.165) is 89.4 Å². The van der Waals surface area contributed by atoms with Gasteiger partial charge in [0.05, 0.1) is 25.7 Å². The summed E-state index contributed by atoms with van der Waals surface area (Å²) in [5.41, 5.74) is 0.909.